The predicted octanol–water partition coefficient (Wildman–Crippen LogP) is 1.08. The molecule has 1 saturated heterocycles. The fourth-order valence-electron chi connectivity index (χ4n) is 1.75. The van der Waals surface area contributed by atoms with Crippen molar-refractivity contribution in [2.75, 3.05) is 19.6 Å². The Hall–Kier alpha value is -0.0800. The molecule has 1 rings (SSSR count). The van der Waals surface area contributed by atoms with Crippen LogP contribution < -0.4 is 5.32 Å². The van der Waals surface area contributed by atoms with Crippen LogP contribution in [0.25, 0.3) is 0 Å². The second kappa shape index (κ2) is 4.07. The fourth-order valence-corrected chi connectivity index (χ4v) is 1.75. The van der Waals surface area contributed by atoms with Crippen molar-refractivity contribution in [3.63, 3.8) is 0 Å². The summed E-state index contributed by atoms with van der Waals surface area (Å²) in [6.07, 6.45) is 1.27. The molecule has 1 aliphatic rings. The minimum Gasteiger partial charge on any atom is -0.314 e. The third-order valence-electron chi connectivity index (χ3n) is 2.71. The van der Waals surface area contributed by atoms with Gasteiger partial charge in [0.15, 0.2) is 0 Å². The van der Waals surface area contributed by atoms with Crippen molar-refractivity contribution in [2.24, 2.45) is 0 Å². The summed E-state index contributed by atoms with van der Waals surface area (Å²) in [5.74, 6) is 0. The molecule has 1 N–H and O–H groups in total. The van der Waals surface area contributed by atoms with Gasteiger partial charge in [0, 0.05) is 31.7 Å². The van der Waals surface area contributed by atoms with Crippen molar-refractivity contribution in [1.82, 2.24) is 10.2 Å². The normalized spacial score (nSPS) is 30.3. The summed E-state index contributed by atoms with van der Waals surface area (Å²) in [5, 5.41) is 3.40. The molecule has 0 bridgehead atoms. The number of hydrogen-bond acceptors (Lipinski definition) is 2. The highest BCUT2D eigenvalue weighted by Gasteiger charge is 2.20. The van der Waals surface area contributed by atoms with Crippen LogP contribution in [-0.2, 0) is 0 Å². The molecule has 2 heteroatoms. The Bertz CT molecular complexity index is 110. The minimum atomic E-state index is 0.721. The van der Waals surface area contributed by atoms with Gasteiger partial charge < -0.3 is 5.32 Å². The average Bonchev–Trinajstić information content (AvgIpc) is 2.04. The summed E-state index contributed by atoms with van der Waals surface area (Å²) in [6, 6.07) is 1.48. The van der Waals surface area contributed by atoms with E-state index < -0.39 is 0 Å². The van der Waals surface area contributed by atoms with Crippen LogP contribution in [0.2, 0.25) is 0 Å². The Morgan fingerprint density at radius 1 is 1.64 bits per heavy atom. The maximum atomic E-state index is 3.40. The lowest BCUT2D eigenvalue weighted by Gasteiger charge is -2.38. The molecule has 1 aliphatic heterocycles. The van der Waals surface area contributed by atoms with E-state index in [2.05, 4.69) is 31.0 Å². The van der Waals surface area contributed by atoms with E-state index in [0.717, 1.165) is 25.2 Å². The van der Waals surface area contributed by atoms with Gasteiger partial charge in [-0.1, -0.05) is 6.92 Å². The van der Waals surface area contributed by atoms with Gasteiger partial charge in [0.1, 0.15) is 0 Å². The Labute approximate surface area is 70.0 Å². The van der Waals surface area contributed by atoms with Gasteiger partial charge in [0.05, 0.1) is 0 Å². The third-order valence-corrected chi connectivity index (χ3v) is 2.71. The van der Waals surface area contributed by atoms with Gasteiger partial charge in [0.2, 0.25) is 0 Å². The Balaban J connectivity index is 2.40. The van der Waals surface area contributed by atoms with Crippen molar-refractivity contribution in [3.8, 4) is 0 Å². The van der Waals surface area contributed by atoms with E-state index in [1.807, 2.05) is 0 Å². The zero-order valence-corrected chi connectivity index (χ0v) is 7.93. The molecule has 0 aromatic heterocycles. The third kappa shape index (κ3) is 2.17. The molecule has 1 fully saturated rings. The zero-order chi connectivity index (χ0) is 8.27. The first kappa shape index (κ1) is 9.01. The van der Waals surface area contributed by atoms with Crippen LogP contribution in [0, 0.1) is 0 Å². The van der Waals surface area contributed by atoms with Gasteiger partial charge in [-0.2, -0.15) is 0 Å². The summed E-state index contributed by atoms with van der Waals surface area (Å²) in [5.41, 5.74) is 0. The molecule has 0 aromatic carbocycles. The highest BCUT2D eigenvalue weighted by Crippen LogP contribution is 2.09. The largest absolute Gasteiger partial charge is 0.314 e. The first-order valence-corrected chi connectivity index (χ1v) is 4.72. The molecule has 2 nitrogen and oxygen atoms in total. The zero-order valence-electron chi connectivity index (χ0n) is 7.93. The number of hydrogen-bond donors (Lipinski definition) is 1. The summed E-state index contributed by atoms with van der Waals surface area (Å²) in [6.45, 7) is 10.4. The summed E-state index contributed by atoms with van der Waals surface area (Å²) >= 11 is 0. The summed E-state index contributed by atoms with van der Waals surface area (Å²) in [4.78, 5) is 2.59. The molecule has 0 radical (unpaired) electrons. The topological polar surface area (TPSA) is 15.3 Å². The lowest BCUT2D eigenvalue weighted by molar-refractivity contribution is 0.123. The van der Waals surface area contributed by atoms with Crippen LogP contribution in [0.15, 0.2) is 0 Å². The van der Waals surface area contributed by atoms with Gasteiger partial charge in [-0.15, -0.1) is 0 Å². The lowest BCUT2D eigenvalue weighted by Crippen LogP contribution is -2.52. The van der Waals surface area contributed by atoms with Crippen molar-refractivity contribution in [1.29, 1.82) is 0 Å². The van der Waals surface area contributed by atoms with Crippen LogP contribution in [0.5, 0.6) is 0 Å². The molecular weight excluding hydrogens is 136 g/mol. The van der Waals surface area contributed by atoms with Crippen LogP contribution >= 0.6 is 0 Å². The van der Waals surface area contributed by atoms with Crippen molar-refractivity contribution < 1.29 is 0 Å². The first-order valence-electron chi connectivity index (χ1n) is 4.72. The van der Waals surface area contributed by atoms with Gasteiger partial charge >= 0.3 is 0 Å². The van der Waals surface area contributed by atoms with E-state index in [9.17, 15) is 0 Å². The molecule has 66 valence electrons. The maximum Gasteiger partial charge on any atom is 0.0195 e. The van der Waals surface area contributed by atoms with Crippen molar-refractivity contribution in [2.45, 2.75) is 39.3 Å². The molecule has 1 heterocycles. The maximum absolute atomic E-state index is 3.40. The molecule has 0 spiro atoms. The van der Waals surface area contributed by atoms with E-state index >= 15 is 0 Å². The monoisotopic (exact) mass is 156 g/mol. The van der Waals surface area contributed by atoms with Gasteiger partial charge in [-0.05, 0) is 20.3 Å². The molecular formula is C9H20N2. The number of nitrogens with zero attached hydrogens (tertiary/aromatic N) is 1. The summed E-state index contributed by atoms with van der Waals surface area (Å²) in [7, 11) is 0. The molecule has 0 saturated carbocycles. The highest BCUT2D eigenvalue weighted by atomic mass is 15.2. The Morgan fingerprint density at radius 3 is 2.91 bits per heavy atom. The van der Waals surface area contributed by atoms with E-state index in [4.69, 9.17) is 0 Å². The van der Waals surface area contributed by atoms with E-state index in [0.29, 0.717) is 0 Å². The Kier molecular flexibility index (Phi) is 3.34. The number of rotatable bonds is 2. The van der Waals surface area contributed by atoms with Crippen LogP contribution in [-0.4, -0.2) is 36.6 Å². The molecule has 11 heavy (non-hydrogen) atoms. The second-order valence-corrected chi connectivity index (χ2v) is 3.55. The Morgan fingerprint density at radius 2 is 2.36 bits per heavy atom. The molecule has 0 aliphatic carbocycles. The van der Waals surface area contributed by atoms with E-state index in [1.165, 1.54) is 13.0 Å². The quantitative estimate of drug-likeness (QED) is 0.643. The van der Waals surface area contributed by atoms with Crippen LogP contribution in [0.3, 0.4) is 0 Å². The number of piperazine rings is 1. The smallest absolute Gasteiger partial charge is 0.0195 e. The fraction of sp³-hybridized carbons (Fsp3) is 1.00. The average molecular weight is 156 g/mol. The predicted molar refractivity (Wildman–Crippen MR) is 48.8 cm³/mol. The van der Waals surface area contributed by atoms with Crippen LogP contribution in [0.4, 0.5) is 0 Å². The number of nitrogens with one attached hydrogen (secondary N) is 1. The molecule has 0 aromatic rings. The molecule has 2 unspecified atom stereocenters. The van der Waals surface area contributed by atoms with Crippen LogP contribution in [0.1, 0.15) is 27.2 Å². The van der Waals surface area contributed by atoms with Crippen molar-refractivity contribution >= 4 is 0 Å². The summed E-state index contributed by atoms with van der Waals surface area (Å²) < 4.78 is 0. The first-order chi connectivity index (χ1) is 5.25. The second-order valence-electron chi connectivity index (χ2n) is 3.55. The highest BCUT2D eigenvalue weighted by molar-refractivity contribution is 4.79. The van der Waals surface area contributed by atoms with Gasteiger partial charge in [-0.3, -0.25) is 4.90 Å². The van der Waals surface area contributed by atoms with Crippen molar-refractivity contribution in [3.05, 3.63) is 0 Å². The standard InChI is InChI=1S/C9H20N2/c1-4-8(2)11-6-5-10-7-9(11)3/h8-10H,4-7H2,1-3H3. The lowest BCUT2D eigenvalue weighted by atomic mass is 10.1. The van der Waals surface area contributed by atoms with Gasteiger partial charge in [-0.25, -0.2) is 0 Å². The molecule has 0 amide bonds. The minimum absolute atomic E-state index is 0.721. The molecule has 2 atom stereocenters. The SMILES string of the molecule is CCC(C)N1CCNCC1C. The van der Waals surface area contributed by atoms with Gasteiger partial charge in [0.25, 0.3) is 0 Å². The van der Waals surface area contributed by atoms with E-state index in [1.54, 1.807) is 0 Å². The van der Waals surface area contributed by atoms with E-state index in [-0.39, 0.29) is 0 Å².